The lowest BCUT2D eigenvalue weighted by molar-refractivity contribution is 0.0949. The maximum atomic E-state index is 12.1. The van der Waals surface area contributed by atoms with Gasteiger partial charge in [-0.15, -0.1) is 0 Å². The number of carbonyl (C=O) groups is 1. The Hall–Kier alpha value is -2.36. The molecule has 1 heterocycles. The maximum Gasteiger partial charge on any atom is 0.251 e. The maximum absolute atomic E-state index is 12.1. The summed E-state index contributed by atoms with van der Waals surface area (Å²) in [6.45, 7) is 4.32. The summed E-state index contributed by atoms with van der Waals surface area (Å²) in [5.74, 6) is 0.565. The molecule has 104 valence electrons. The number of benzene rings is 1. The minimum Gasteiger partial charge on any atom is -0.491 e. The molecule has 0 aliphatic heterocycles. The first kappa shape index (κ1) is 14.1. The number of pyridine rings is 1. The Kier molecular flexibility index (Phi) is 4.71. The van der Waals surface area contributed by atoms with Gasteiger partial charge in [0.25, 0.3) is 5.91 Å². The van der Waals surface area contributed by atoms with Crippen LogP contribution >= 0.6 is 0 Å². The van der Waals surface area contributed by atoms with Crippen molar-refractivity contribution in [3.8, 4) is 5.75 Å². The predicted molar refractivity (Wildman–Crippen MR) is 77.6 cm³/mol. The molecule has 1 aromatic heterocycles. The molecule has 2 rings (SSSR count). The minimum atomic E-state index is -0.134. The fraction of sp³-hybridized carbons (Fsp3) is 0.250. The van der Waals surface area contributed by atoms with Gasteiger partial charge in [-0.1, -0.05) is 12.1 Å². The third kappa shape index (κ3) is 4.09. The molecule has 0 atom stereocenters. The third-order valence-corrected chi connectivity index (χ3v) is 2.62. The monoisotopic (exact) mass is 270 g/mol. The molecule has 0 aliphatic rings. The molecule has 0 spiro atoms. The molecule has 2 aromatic rings. The molecular formula is C16H18N2O2. The first-order valence-electron chi connectivity index (χ1n) is 6.60. The van der Waals surface area contributed by atoms with Gasteiger partial charge in [-0.25, -0.2) is 0 Å². The van der Waals surface area contributed by atoms with Gasteiger partial charge in [-0.2, -0.15) is 0 Å². The van der Waals surface area contributed by atoms with Crippen molar-refractivity contribution in [3.63, 3.8) is 0 Å². The highest BCUT2D eigenvalue weighted by Gasteiger charge is 2.07. The summed E-state index contributed by atoms with van der Waals surface area (Å²) in [6, 6.07) is 12.8. The van der Waals surface area contributed by atoms with E-state index in [-0.39, 0.29) is 12.0 Å². The summed E-state index contributed by atoms with van der Waals surface area (Å²) in [5.41, 5.74) is 1.41. The number of ether oxygens (including phenoxy) is 1. The van der Waals surface area contributed by atoms with Crippen molar-refractivity contribution in [2.45, 2.75) is 26.5 Å². The topological polar surface area (TPSA) is 51.2 Å². The van der Waals surface area contributed by atoms with Crippen LogP contribution in [0.2, 0.25) is 0 Å². The molecule has 1 aromatic carbocycles. The summed E-state index contributed by atoms with van der Waals surface area (Å²) in [6.07, 6.45) is 1.79. The minimum absolute atomic E-state index is 0.0850. The average Bonchev–Trinajstić information content (AvgIpc) is 2.45. The first-order chi connectivity index (χ1) is 9.65. The van der Waals surface area contributed by atoms with Gasteiger partial charge in [0.05, 0.1) is 18.3 Å². The standard InChI is InChI=1S/C16H18N2O2/c1-12(2)20-15-8-5-6-13(10-15)16(19)18-11-14-7-3-4-9-17-14/h3-10,12H,11H2,1-2H3,(H,18,19). The van der Waals surface area contributed by atoms with E-state index in [0.29, 0.717) is 17.9 Å². The Balaban J connectivity index is 1.98. The zero-order valence-electron chi connectivity index (χ0n) is 11.7. The van der Waals surface area contributed by atoms with Crippen molar-refractivity contribution in [2.24, 2.45) is 0 Å². The van der Waals surface area contributed by atoms with Crippen LogP contribution in [-0.2, 0) is 6.54 Å². The molecule has 20 heavy (non-hydrogen) atoms. The van der Waals surface area contributed by atoms with Gasteiger partial charge in [0.1, 0.15) is 5.75 Å². The van der Waals surface area contributed by atoms with Gasteiger partial charge in [0, 0.05) is 11.8 Å². The van der Waals surface area contributed by atoms with Crippen LogP contribution in [0.4, 0.5) is 0 Å². The Morgan fingerprint density at radius 3 is 2.80 bits per heavy atom. The Bertz CT molecular complexity index is 568. The Morgan fingerprint density at radius 2 is 2.10 bits per heavy atom. The van der Waals surface area contributed by atoms with E-state index in [1.807, 2.05) is 44.2 Å². The van der Waals surface area contributed by atoms with Crippen LogP contribution in [0.15, 0.2) is 48.7 Å². The summed E-state index contributed by atoms with van der Waals surface area (Å²) in [7, 11) is 0. The van der Waals surface area contributed by atoms with Gasteiger partial charge in [0.2, 0.25) is 0 Å². The van der Waals surface area contributed by atoms with Crippen molar-refractivity contribution >= 4 is 5.91 Å². The number of aromatic nitrogens is 1. The quantitative estimate of drug-likeness (QED) is 0.909. The Morgan fingerprint density at radius 1 is 1.25 bits per heavy atom. The molecule has 0 bridgehead atoms. The Labute approximate surface area is 118 Å². The van der Waals surface area contributed by atoms with E-state index < -0.39 is 0 Å². The number of hydrogen-bond acceptors (Lipinski definition) is 3. The van der Waals surface area contributed by atoms with Gasteiger partial charge >= 0.3 is 0 Å². The molecule has 1 amide bonds. The third-order valence-electron chi connectivity index (χ3n) is 2.62. The molecule has 0 radical (unpaired) electrons. The summed E-state index contributed by atoms with van der Waals surface area (Å²) >= 11 is 0. The van der Waals surface area contributed by atoms with Crippen LogP contribution in [-0.4, -0.2) is 17.0 Å². The molecule has 0 saturated carbocycles. The zero-order chi connectivity index (χ0) is 14.4. The number of carbonyl (C=O) groups excluding carboxylic acids is 1. The molecule has 4 heteroatoms. The van der Waals surface area contributed by atoms with Crippen LogP contribution in [0.25, 0.3) is 0 Å². The predicted octanol–water partition coefficient (Wildman–Crippen LogP) is 2.80. The van der Waals surface area contributed by atoms with E-state index in [2.05, 4.69) is 10.3 Å². The van der Waals surface area contributed by atoms with Crippen LogP contribution in [0.3, 0.4) is 0 Å². The lowest BCUT2D eigenvalue weighted by Gasteiger charge is -2.11. The number of nitrogens with zero attached hydrogens (tertiary/aromatic N) is 1. The van der Waals surface area contributed by atoms with Gasteiger partial charge < -0.3 is 10.1 Å². The van der Waals surface area contributed by atoms with Gasteiger partial charge in [0.15, 0.2) is 0 Å². The fourth-order valence-corrected chi connectivity index (χ4v) is 1.76. The molecule has 1 N–H and O–H groups in total. The zero-order valence-corrected chi connectivity index (χ0v) is 11.7. The van der Waals surface area contributed by atoms with Crippen molar-refractivity contribution < 1.29 is 9.53 Å². The van der Waals surface area contributed by atoms with E-state index in [9.17, 15) is 4.79 Å². The normalized spacial score (nSPS) is 10.3. The van der Waals surface area contributed by atoms with Crippen LogP contribution < -0.4 is 10.1 Å². The van der Waals surface area contributed by atoms with Crippen LogP contribution in [0.1, 0.15) is 29.9 Å². The van der Waals surface area contributed by atoms with Crippen molar-refractivity contribution in [1.82, 2.24) is 10.3 Å². The van der Waals surface area contributed by atoms with E-state index in [1.54, 1.807) is 18.3 Å². The smallest absolute Gasteiger partial charge is 0.251 e. The molecule has 0 fully saturated rings. The SMILES string of the molecule is CC(C)Oc1cccc(C(=O)NCc2ccccn2)c1. The molecular weight excluding hydrogens is 252 g/mol. The largest absolute Gasteiger partial charge is 0.491 e. The van der Waals surface area contributed by atoms with E-state index in [0.717, 1.165) is 5.69 Å². The first-order valence-corrected chi connectivity index (χ1v) is 6.60. The molecule has 0 saturated heterocycles. The molecule has 0 aliphatic carbocycles. The number of nitrogens with one attached hydrogen (secondary N) is 1. The lowest BCUT2D eigenvalue weighted by Crippen LogP contribution is -2.23. The van der Waals surface area contributed by atoms with E-state index in [4.69, 9.17) is 4.74 Å². The second kappa shape index (κ2) is 6.70. The number of amides is 1. The van der Waals surface area contributed by atoms with Crippen LogP contribution in [0, 0.1) is 0 Å². The van der Waals surface area contributed by atoms with Crippen molar-refractivity contribution in [1.29, 1.82) is 0 Å². The molecule has 0 unspecified atom stereocenters. The van der Waals surface area contributed by atoms with E-state index >= 15 is 0 Å². The van der Waals surface area contributed by atoms with Gasteiger partial charge in [-0.05, 0) is 44.2 Å². The number of rotatable bonds is 5. The summed E-state index contributed by atoms with van der Waals surface area (Å²) < 4.78 is 5.58. The fourth-order valence-electron chi connectivity index (χ4n) is 1.76. The van der Waals surface area contributed by atoms with Crippen LogP contribution in [0.5, 0.6) is 5.75 Å². The summed E-state index contributed by atoms with van der Waals surface area (Å²) in [5, 5.41) is 2.84. The number of hydrogen-bond donors (Lipinski definition) is 1. The van der Waals surface area contributed by atoms with Crippen molar-refractivity contribution in [3.05, 3.63) is 59.9 Å². The van der Waals surface area contributed by atoms with E-state index in [1.165, 1.54) is 0 Å². The second-order valence-corrected chi connectivity index (χ2v) is 4.70. The van der Waals surface area contributed by atoms with Gasteiger partial charge in [-0.3, -0.25) is 9.78 Å². The molecule has 4 nitrogen and oxygen atoms in total. The van der Waals surface area contributed by atoms with Crippen molar-refractivity contribution in [2.75, 3.05) is 0 Å². The highest BCUT2D eigenvalue weighted by atomic mass is 16.5. The highest BCUT2D eigenvalue weighted by Crippen LogP contribution is 2.14. The highest BCUT2D eigenvalue weighted by molar-refractivity contribution is 5.94. The average molecular weight is 270 g/mol. The summed E-state index contributed by atoms with van der Waals surface area (Å²) in [4.78, 5) is 16.2. The lowest BCUT2D eigenvalue weighted by atomic mass is 10.2. The second-order valence-electron chi connectivity index (χ2n) is 4.70.